The van der Waals surface area contributed by atoms with Crippen LogP contribution in [0, 0.1) is 5.92 Å². The van der Waals surface area contributed by atoms with Gasteiger partial charge in [0, 0.05) is 36.5 Å². The highest BCUT2D eigenvalue weighted by atomic mass is 32.2. The fraction of sp³-hybridized carbons (Fsp3) is 0.640. The maximum atomic E-state index is 13.2. The molecule has 8 nitrogen and oxygen atoms in total. The van der Waals surface area contributed by atoms with E-state index in [9.17, 15) is 13.2 Å². The Hall–Kier alpha value is -2.26. The summed E-state index contributed by atoms with van der Waals surface area (Å²) in [6.45, 7) is 0.727. The Morgan fingerprint density at radius 2 is 1.56 bits per heavy atom. The third-order valence-corrected chi connectivity index (χ3v) is 9.31. The normalized spacial score (nSPS) is 21.6. The van der Waals surface area contributed by atoms with Gasteiger partial charge in [-0.25, -0.2) is 8.42 Å². The number of amides is 1. The average molecular weight is 487 g/mol. The molecule has 1 aromatic carbocycles. The van der Waals surface area contributed by atoms with E-state index in [2.05, 4.69) is 15.5 Å². The van der Waals surface area contributed by atoms with Gasteiger partial charge >= 0.3 is 0 Å². The van der Waals surface area contributed by atoms with Crippen molar-refractivity contribution in [2.24, 2.45) is 5.92 Å². The number of sulfonamides is 1. The van der Waals surface area contributed by atoms with Gasteiger partial charge in [0.05, 0.1) is 4.90 Å². The predicted octanol–water partition coefficient (Wildman–Crippen LogP) is 4.24. The van der Waals surface area contributed by atoms with Crippen molar-refractivity contribution in [3.63, 3.8) is 0 Å². The summed E-state index contributed by atoms with van der Waals surface area (Å²) in [5.74, 6) is 1.51. The van der Waals surface area contributed by atoms with Crippen LogP contribution in [0.1, 0.15) is 82.4 Å². The number of nitrogens with one attached hydrogen (secondary N) is 1. The van der Waals surface area contributed by atoms with E-state index >= 15 is 0 Å². The Balaban J connectivity index is 1.16. The van der Waals surface area contributed by atoms with E-state index < -0.39 is 10.0 Å². The molecular weight excluding hydrogens is 452 g/mol. The number of aromatic nitrogens is 2. The van der Waals surface area contributed by atoms with E-state index in [4.69, 9.17) is 4.52 Å². The Bertz CT molecular complexity index is 1080. The number of hydrogen-bond donors (Lipinski definition) is 1. The molecule has 3 aliphatic rings. The molecule has 1 aliphatic heterocycles. The summed E-state index contributed by atoms with van der Waals surface area (Å²) in [7, 11) is -3.61. The Morgan fingerprint density at radius 3 is 2.21 bits per heavy atom. The van der Waals surface area contributed by atoms with Crippen molar-refractivity contribution in [1.82, 2.24) is 19.8 Å². The van der Waals surface area contributed by atoms with Crippen LogP contribution in [0.5, 0.6) is 0 Å². The lowest BCUT2D eigenvalue weighted by molar-refractivity contribution is -0.127. The van der Waals surface area contributed by atoms with Crippen molar-refractivity contribution in [1.29, 1.82) is 0 Å². The molecule has 0 bridgehead atoms. The lowest BCUT2D eigenvalue weighted by atomic mass is 9.94. The molecule has 1 amide bonds. The third kappa shape index (κ3) is 5.35. The monoisotopic (exact) mass is 486 g/mol. The number of piperidine rings is 1. The molecule has 2 aliphatic carbocycles. The molecule has 2 saturated carbocycles. The second-order valence-electron chi connectivity index (χ2n) is 9.98. The Labute approximate surface area is 201 Å². The molecule has 1 N–H and O–H groups in total. The molecule has 0 spiro atoms. The summed E-state index contributed by atoms with van der Waals surface area (Å²) >= 11 is 0. The maximum absolute atomic E-state index is 13.2. The van der Waals surface area contributed by atoms with E-state index in [0.717, 1.165) is 31.2 Å². The summed E-state index contributed by atoms with van der Waals surface area (Å²) in [5, 5.41) is 7.27. The summed E-state index contributed by atoms with van der Waals surface area (Å²) in [6.07, 6.45) is 11.5. The predicted molar refractivity (Wildman–Crippen MR) is 127 cm³/mol. The molecule has 34 heavy (non-hydrogen) atoms. The molecule has 0 atom stereocenters. The average Bonchev–Trinajstić information content (AvgIpc) is 3.57. The Morgan fingerprint density at radius 1 is 0.912 bits per heavy atom. The second-order valence-corrected chi connectivity index (χ2v) is 11.9. The minimum absolute atomic E-state index is 0.0950. The molecule has 2 heterocycles. The highest BCUT2D eigenvalue weighted by Gasteiger charge is 2.33. The standard InChI is InChI=1S/C25H34N4O4S/c30-24(26-21-6-4-2-1-3-5-7-21)19-14-16-29(17-15-19)34(31,32)22-12-10-18(11-13-22)23-27-25(33-28-23)20-8-9-20/h10-13,19-21H,1-9,14-17H2,(H,26,30). The zero-order valence-electron chi connectivity index (χ0n) is 19.6. The number of rotatable bonds is 6. The van der Waals surface area contributed by atoms with E-state index in [1.165, 1.54) is 36.4 Å². The van der Waals surface area contributed by atoms with Gasteiger partial charge in [0.2, 0.25) is 27.6 Å². The molecule has 0 radical (unpaired) electrons. The van der Waals surface area contributed by atoms with Gasteiger partial charge in [-0.3, -0.25) is 4.79 Å². The topological polar surface area (TPSA) is 105 Å². The first kappa shape index (κ1) is 23.5. The lowest BCUT2D eigenvalue weighted by Crippen LogP contribution is -2.45. The molecule has 9 heteroatoms. The maximum Gasteiger partial charge on any atom is 0.243 e. The second kappa shape index (κ2) is 10.2. The van der Waals surface area contributed by atoms with Crippen LogP contribution in [-0.4, -0.2) is 47.9 Å². The number of carbonyl (C=O) groups excluding carboxylic acids is 1. The lowest BCUT2D eigenvalue weighted by Gasteiger charge is -2.31. The SMILES string of the molecule is O=C(NC1CCCCCCC1)C1CCN(S(=O)(=O)c2ccc(-c3noc(C4CC4)n3)cc2)CC1. The number of benzene rings is 1. The molecule has 3 fully saturated rings. The molecule has 0 unspecified atom stereocenters. The molecule has 184 valence electrons. The molecule has 1 saturated heterocycles. The van der Waals surface area contributed by atoms with Crippen LogP contribution >= 0.6 is 0 Å². The summed E-state index contributed by atoms with van der Waals surface area (Å²) < 4.78 is 33.2. The van der Waals surface area contributed by atoms with Crippen LogP contribution in [0.2, 0.25) is 0 Å². The number of carbonyl (C=O) groups is 1. The summed E-state index contributed by atoms with van der Waals surface area (Å²) in [6, 6.07) is 6.93. The first-order chi connectivity index (χ1) is 16.5. The molecular formula is C25H34N4O4S. The van der Waals surface area contributed by atoms with Gasteiger partial charge in [0.1, 0.15) is 0 Å². The first-order valence-electron chi connectivity index (χ1n) is 12.8. The largest absolute Gasteiger partial charge is 0.353 e. The smallest absolute Gasteiger partial charge is 0.243 e. The molecule has 2 aromatic rings. The van der Waals surface area contributed by atoms with Crippen LogP contribution in [-0.2, 0) is 14.8 Å². The summed E-state index contributed by atoms with van der Waals surface area (Å²) in [4.78, 5) is 17.5. The van der Waals surface area contributed by atoms with E-state index in [-0.39, 0.29) is 22.8 Å². The van der Waals surface area contributed by atoms with Crippen LogP contribution in [0.3, 0.4) is 0 Å². The number of nitrogens with zero attached hydrogens (tertiary/aromatic N) is 3. The van der Waals surface area contributed by atoms with Gasteiger partial charge in [0.15, 0.2) is 0 Å². The van der Waals surface area contributed by atoms with Crippen molar-refractivity contribution in [3.8, 4) is 11.4 Å². The van der Waals surface area contributed by atoms with Crippen molar-refractivity contribution < 1.29 is 17.7 Å². The third-order valence-electron chi connectivity index (χ3n) is 7.39. The minimum Gasteiger partial charge on any atom is -0.353 e. The zero-order valence-corrected chi connectivity index (χ0v) is 20.4. The first-order valence-corrected chi connectivity index (χ1v) is 14.2. The minimum atomic E-state index is -3.61. The molecule has 1 aromatic heterocycles. The van der Waals surface area contributed by atoms with E-state index in [1.807, 2.05) is 0 Å². The van der Waals surface area contributed by atoms with Crippen LogP contribution in [0.4, 0.5) is 0 Å². The van der Waals surface area contributed by atoms with Gasteiger partial charge < -0.3 is 9.84 Å². The van der Waals surface area contributed by atoms with Crippen molar-refractivity contribution in [2.45, 2.75) is 87.5 Å². The van der Waals surface area contributed by atoms with Gasteiger partial charge in [-0.05, 0) is 62.8 Å². The fourth-order valence-corrected chi connectivity index (χ4v) is 6.52. The van der Waals surface area contributed by atoms with E-state index in [1.54, 1.807) is 24.3 Å². The highest BCUT2D eigenvalue weighted by Crippen LogP contribution is 2.39. The van der Waals surface area contributed by atoms with Crippen LogP contribution in [0.15, 0.2) is 33.7 Å². The summed E-state index contributed by atoms with van der Waals surface area (Å²) in [5.41, 5.74) is 0.735. The zero-order chi connectivity index (χ0) is 23.5. The van der Waals surface area contributed by atoms with E-state index in [0.29, 0.717) is 43.6 Å². The van der Waals surface area contributed by atoms with Crippen molar-refractivity contribution in [2.75, 3.05) is 13.1 Å². The van der Waals surface area contributed by atoms with Crippen LogP contribution < -0.4 is 5.32 Å². The van der Waals surface area contributed by atoms with Gasteiger partial charge in [-0.2, -0.15) is 9.29 Å². The van der Waals surface area contributed by atoms with Gasteiger partial charge in [-0.15, -0.1) is 0 Å². The highest BCUT2D eigenvalue weighted by molar-refractivity contribution is 7.89. The van der Waals surface area contributed by atoms with Gasteiger partial charge in [-0.1, -0.05) is 37.3 Å². The number of hydrogen-bond acceptors (Lipinski definition) is 6. The van der Waals surface area contributed by atoms with Crippen molar-refractivity contribution in [3.05, 3.63) is 30.2 Å². The quantitative estimate of drug-likeness (QED) is 0.655. The van der Waals surface area contributed by atoms with Crippen LogP contribution in [0.25, 0.3) is 11.4 Å². The van der Waals surface area contributed by atoms with Gasteiger partial charge in [0.25, 0.3) is 0 Å². The van der Waals surface area contributed by atoms with Crippen molar-refractivity contribution >= 4 is 15.9 Å². The Kier molecular flexibility index (Phi) is 7.01. The molecule has 5 rings (SSSR count). The fourth-order valence-electron chi connectivity index (χ4n) is 5.05.